The van der Waals surface area contributed by atoms with Crippen LogP contribution in [0.5, 0.6) is 0 Å². The Hall–Kier alpha value is -0.740. The molecule has 2 aliphatic heterocycles. The van der Waals surface area contributed by atoms with Crippen LogP contribution in [-0.4, -0.2) is 47.2 Å². The van der Waals surface area contributed by atoms with Crippen molar-refractivity contribution in [3.63, 3.8) is 0 Å². The average molecular weight is 703 g/mol. The third kappa shape index (κ3) is 18.3. The number of rotatable bonds is 30. The summed E-state index contributed by atoms with van der Waals surface area (Å²) in [7, 11) is 0. The van der Waals surface area contributed by atoms with E-state index >= 15 is 0 Å². The van der Waals surface area contributed by atoms with Crippen LogP contribution in [0.25, 0.3) is 0 Å². The van der Waals surface area contributed by atoms with Crippen molar-refractivity contribution in [1.82, 2.24) is 0 Å². The van der Waals surface area contributed by atoms with Gasteiger partial charge in [0, 0.05) is 25.7 Å². The van der Waals surface area contributed by atoms with Crippen molar-refractivity contribution >= 4 is 11.8 Å². The first-order valence-electron chi connectivity index (χ1n) is 23.4. The van der Waals surface area contributed by atoms with Crippen LogP contribution >= 0.6 is 0 Å². The Bertz CT molecular complexity index is 794. The molecule has 0 aromatic rings. The van der Waals surface area contributed by atoms with Crippen LogP contribution in [-0.2, 0) is 9.59 Å². The highest BCUT2D eigenvalue weighted by Gasteiger charge is 2.59. The third-order valence-corrected chi connectivity index (χ3v) is 12.8. The molecule has 2 aliphatic rings. The molecule has 4 heteroatoms. The van der Waals surface area contributed by atoms with Gasteiger partial charge in [-0.05, 0) is 38.5 Å². The maximum Gasteiger partial charge on any atom is 0.360 e. The molecule has 2 heterocycles. The Balaban J connectivity index is 1.76. The van der Waals surface area contributed by atoms with Crippen molar-refractivity contribution in [1.29, 1.82) is 0 Å². The highest BCUT2D eigenvalue weighted by Crippen LogP contribution is 2.36. The summed E-state index contributed by atoms with van der Waals surface area (Å²) in [6.45, 7) is 8.21. The largest absolute Gasteiger partial charge is 0.360 e. The molecular weight excluding hydrogens is 613 g/mol. The first-order valence-corrected chi connectivity index (χ1v) is 23.4. The lowest BCUT2D eigenvalue weighted by molar-refractivity contribution is -1.42. The zero-order chi connectivity index (χ0) is 35.9. The van der Waals surface area contributed by atoms with E-state index in [0.29, 0.717) is 33.8 Å². The zero-order valence-corrected chi connectivity index (χ0v) is 34.4. The second kappa shape index (κ2) is 30.7. The van der Waals surface area contributed by atoms with Crippen molar-refractivity contribution in [3.8, 4) is 0 Å². The molecule has 0 N–H and O–H groups in total. The molecule has 50 heavy (non-hydrogen) atoms. The van der Waals surface area contributed by atoms with E-state index in [4.69, 9.17) is 0 Å². The molecule has 0 atom stereocenters. The number of nitrogens with zero attached hydrogens (tertiary/aromatic N) is 2. The molecule has 0 bridgehead atoms. The number of quaternary nitrogens is 2. The number of hydrogen-bond acceptors (Lipinski definition) is 2. The van der Waals surface area contributed by atoms with Crippen LogP contribution in [0.15, 0.2) is 0 Å². The number of unbranched alkanes of at least 4 members (excludes halogenated alkanes) is 26. The van der Waals surface area contributed by atoms with Gasteiger partial charge in [0.1, 0.15) is 26.2 Å². The van der Waals surface area contributed by atoms with Crippen molar-refractivity contribution in [2.45, 2.75) is 258 Å². The number of likely N-dealkylation sites (tertiary alicyclic amines) is 2. The minimum Gasteiger partial charge on any atom is -0.225 e. The molecule has 0 aliphatic carbocycles. The molecule has 294 valence electrons. The van der Waals surface area contributed by atoms with Gasteiger partial charge in [-0.3, -0.25) is 0 Å². The lowest BCUT2D eigenvalue weighted by Gasteiger charge is -2.49. The first-order chi connectivity index (χ1) is 24.6. The summed E-state index contributed by atoms with van der Waals surface area (Å²) in [4.78, 5) is 29.0. The molecule has 0 aromatic carbocycles. The van der Waals surface area contributed by atoms with Gasteiger partial charge in [0.2, 0.25) is 0 Å². The second-order valence-electron chi connectivity index (χ2n) is 17.0. The molecule has 2 saturated heterocycles. The van der Waals surface area contributed by atoms with E-state index in [1.165, 1.54) is 193 Å². The summed E-state index contributed by atoms with van der Waals surface area (Å²) in [6.07, 6.45) is 48.3. The quantitative estimate of drug-likeness (QED) is 0.0551. The summed E-state index contributed by atoms with van der Waals surface area (Å²) >= 11 is 0. The van der Waals surface area contributed by atoms with Gasteiger partial charge in [0.05, 0.1) is 12.8 Å². The Morgan fingerprint density at radius 3 is 0.720 bits per heavy atom. The predicted octanol–water partition coefficient (Wildman–Crippen LogP) is 14.5. The van der Waals surface area contributed by atoms with Gasteiger partial charge in [-0.15, -0.1) is 9.18 Å². The fraction of sp³-hybridized carbons (Fsp3) is 0.957. The Morgan fingerprint density at radius 2 is 0.500 bits per heavy atom. The van der Waals surface area contributed by atoms with Gasteiger partial charge >= 0.3 is 11.8 Å². The van der Waals surface area contributed by atoms with E-state index in [1.54, 1.807) is 0 Å². The molecule has 2 amide bonds. The van der Waals surface area contributed by atoms with Gasteiger partial charge in [-0.2, -0.15) is 0 Å². The maximum atomic E-state index is 14.5. The Labute approximate surface area is 313 Å². The van der Waals surface area contributed by atoms with E-state index in [-0.39, 0.29) is 0 Å². The molecule has 4 nitrogen and oxygen atoms in total. The topological polar surface area (TPSA) is 34.1 Å². The zero-order valence-electron chi connectivity index (χ0n) is 34.4. The lowest BCUT2D eigenvalue weighted by atomic mass is 10.0. The summed E-state index contributed by atoms with van der Waals surface area (Å²) in [6, 6.07) is 0. The van der Waals surface area contributed by atoms with E-state index in [0.717, 1.165) is 64.7 Å². The average Bonchev–Trinajstić information content (AvgIpc) is 3.55. The van der Waals surface area contributed by atoms with Gasteiger partial charge in [-0.1, -0.05) is 181 Å². The van der Waals surface area contributed by atoms with Gasteiger partial charge in [-0.25, -0.2) is 9.59 Å². The third-order valence-electron chi connectivity index (χ3n) is 12.8. The molecular formula is C46H90N2O2+2. The van der Waals surface area contributed by atoms with Crippen LogP contribution in [0.3, 0.4) is 0 Å². The Kier molecular flexibility index (Phi) is 27.9. The smallest absolute Gasteiger partial charge is 0.225 e. The second-order valence-corrected chi connectivity index (χ2v) is 17.0. The summed E-state index contributed by atoms with van der Waals surface area (Å²) in [5, 5.41) is 0. The fourth-order valence-corrected chi connectivity index (χ4v) is 9.47. The molecule has 2 fully saturated rings. The van der Waals surface area contributed by atoms with Crippen LogP contribution in [0, 0.1) is 0 Å². The van der Waals surface area contributed by atoms with Crippen LogP contribution < -0.4 is 0 Å². The van der Waals surface area contributed by atoms with Gasteiger partial charge < -0.3 is 0 Å². The van der Waals surface area contributed by atoms with Crippen molar-refractivity contribution in [2.75, 3.05) is 26.2 Å². The van der Waals surface area contributed by atoms with E-state index in [9.17, 15) is 9.59 Å². The van der Waals surface area contributed by atoms with Crippen LogP contribution in [0.2, 0.25) is 0 Å². The molecule has 0 aromatic heterocycles. The van der Waals surface area contributed by atoms with Gasteiger partial charge in [0.25, 0.3) is 0 Å². The number of amides is 2. The van der Waals surface area contributed by atoms with E-state index < -0.39 is 0 Å². The van der Waals surface area contributed by atoms with E-state index in [2.05, 4.69) is 13.8 Å². The Morgan fingerprint density at radius 1 is 0.300 bits per heavy atom. The molecule has 0 unspecified atom stereocenters. The summed E-state index contributed by atoms with van der Waals surface area (Å²) < 4.78 is 0.964. The SMILES string of the molecule is CCCCCCCCCCCCCCCCCC(=O)[N+]1([N+]2(C(=O)CCCCCCCCCCCCCCC)CCCCCC2)CCCCCC1. The fourth-order valence-electron chi connectivity index (χ4n) is 9.47. The van der Waals surface area contributed by atoms with Crippen molar-refractivity contribution in [3.05, 3.63) is 0 Å². The first kappa shape index (κ1) is 45.4. The highest BCUT2D eigenvalue weighted by atomic mass is 16.2. The van der Waals surface area contributed by atoms with Crippen LogP contribution in [0.4, 0.5) is 0 Å². The number of hydrogen-bond donors (Lipinski definition) is 0. The van der Waals surface area contributed by atoms with Crippen molar-refractivity contribution < 1.29 is 18.8 Å². The normalized spacial score (nSPS) is 17.7. The molecule has 0 saturated carbocycles. The molecule has 2 rings (SSSR count). The standard InChI is InChI=1S/C46H90N2O2/c1-3-5-7-9-11-13-15-17-18-20-22-24-26-28-34-40-46(50)48(43-37-31-32-38-44-48)47(41-35-29-30-36-42-47)45(49)39-33-27-25-23-21-19-16-14-12-10-8-6-4-2/h3-44H2,1-2H3/q+2. The maximum absolute atomic E-state index is 14.5. The molecule has 0 radical (unpaired) electrons. The van der Waals surface area contributed by atoms with Crippen LogP contribution in [0.1, 0.15) is 258 Å². The minimum absolute atomic E-state index is 0.418. The van der Waals surface area contributed by atoms with Crippen molar-refractivity contribution in [2.24, 2.45) is 0 Å². The highest BCUT2D eigenvalue weighted by molar-refractivity contribution is 5.72. The van der Waals surface area contributed by atoms with Gasteiger partial charge in [0.15, 0.2) is 0 Å². The minimum atomic E-state index is 0.418. The number of carbonyl (C=O) groups is 2. The predicted molar refractivity (Wildman–Crippen MR) is 217 cm³/mol. The lowest BCUT2D eigenvalue weighted by Crippen LogP contribution is -2.77. The van der Waals surface area contributed by atoms with E-state index in [1.807, 2.05) is 0 Å². The monoisotopic (exact) mass is 703 g/mol. The molecule has 0 spiro atoms. The summed E-state index contributed by atoms with van der Waals surface area (Å²) in [5.41, 5.74) is 0. The summed E-state index contributed by atoms with van der Waals surface area (Å²) in [5.74, 6) is 0.837. The number of carbonyl (C=O) groups excluding carboxylic acids is 2.